The second-order valence-corrected chi connectivity index (χ2v) is 3.38. The van der Waals surface area contributed by atoms with E-state index in [9.17, 15) is 10.1 Å². The van der Waals surface area contributed by atoms with E-state index in [1.807, 2.05) is 0 Å². The number of nitro groups is 1. The van der Waals surface area contributed by atoms with Crippen molar-refractivity contribution in [3.05, 3.63) is 39.9 Å². The van der Waals surface area contributed by atoms with E-state index in [1.165, 1.54) is 18.3 Å². The maximum atomic E-state index is 10.6. The molecular weight excluding hydrogens is 222 g/mol. The van der Waals surface area contributed by atoms with E-state index < -0.39 is 4.92 Å². The average molecular weight is 233 g/mol. The molecule has 7 nitrogen and oxygen atoms in total. The molecule has 1 aromatic carbocycles. The fourth-order valence-corrected chi connectivity index (χ4v) is 1.36. The lowest BCUT2D eigenvalue weighted by atomic mass is 10.2. The molecule has 1 heterocycles. The average Bonchev–Trinajstić information content (AvgIpc) is 2.82. The largest absolute Gasteiger partial charge is 0.353 e. The number of rotatable bonds is 3. The van der Waals surface area contributed by atoms with Crippen LogP contribution in [0.25, 0.3) is 0 Å². The molecule has 0 fully saturated rings. The highest BCUT2D eigenvalue weighted by Gasteiger charge is 2.04. The lowest BCUT2D eigenvalue weighted by Gasteiger charge is -1.99. The number of nitro benzene ring substituents is 1. The maximum Gasteiger partial charge on any atom is 0.270 e. The molecule has 2 rings (SSSR count). The molecular formula is C10H11N5O2. The number of hydrazone groups is 1. The van der Waals surface area contributed by atoms with Crippen molar-refractivity contribution in [1.29, 1.82) is 0 Å². The van der Waals surface area contributed by atoms with Crippen LogP contribution in [0.15, 0.2) is 34.4 Å². The van der Waals surface area contributed by atoms with Crippen molar-refractivity contribution in [2.45, 2.75) is 0 Å². The van der Waals surface area contributed by atoms with Crippen LogP contribution in [0.3, 0.4) is 0 Å². The Morgan fingerprint density at radius 3 is 3.18 bits per heavy atom. The van der Waals surface area contributed by atoms with Gasteiger partial charge in [0.1, 0.15) is 0 Å². The molecule has 7 heteroatoms. The van der Waals surface area contributed by atoms with E-state index in [0.29, 0.717) is 11.5 Å². The Balaban J connectivity index is 2.00. The van der Waals surface area contributed by atoms with Crippen molar-refractivity contribution >= 4 is 17.9 Å². The van der Waals surface area contributed by atoms with Gasteiger partial charge in [-0.05, 0) is 0 Å². The third kappa shape index (κ3) is 3.00. The second kappa shape index (κ2) is 5.06. The summed E-state index contributed by atoms with van der Waals surface area (Å²) in [6.07, 6.45) is 1.51. The zero-order chi connectivity index (χ0) is 12.1. The SMILES string of the molecule is O=[N+]([O-])c1cccc(/C=N/NC2=NCCN2)c1. The molecule has 1 aliphatic rings. The first-order valence-corrected chi connectivity index (χ1v) is 5.07. The van der Waals surface area contributed by atoms with Gasteiger partial charge in [-0.3, -0.25) is 10.1 Å². The van der Waals surface area contributed by atoms with Gasteiger partial charge in [0.05, 0.1) is 17.7 Å². The fourth-order valence-electron chi connectivity index (χ4n) is 1.36. The van der Waals surface area contributed by atoms with Gasteiger partial charge in [0.25, 0.3) is 5.69 Å². The molecule has 0 saturated heterocycles. The standard InChI is InChI=1S/C10H11N5O2/c16-15(17)9-3-1-2-8(6-9)7-13-14-10-11-4-5-12-10/h1-3,6-7H,4-5H2,(H2,11,12,14)/b13-7+. The van der Waals surface area contributed by atoms with Crippen LogP contribution in [0.2, 0.25) is 0 Å². The summed E-state index contributed by atoms with van der Waals surface area (Å²) in [5.74, 6) is 0.617. The molecule has 0 spiro atoms. The van der Waals surface area contributed by atoms with Crippen LogP contribution in [0, 0.1) is 10.1 Å². The van der Waals surface area contributed by atoms with Gasteiger partial charge in [0.15, 0.2) is 0 Å². The Bertz CT molecular complexity index is 483. The summed E-state index contributed by atoms with van der Waals surface area (Å²) in [6, 6.07) is 6.25. The molecule has 0 atom stereocenters. The van der Waals surface area contributed by atoms with Crippen molar-refractivity contribution in [2.24, 2.45) is 10.1 Å². The van der Waals surface area contributed by atoms with Crippen LogP contribution in [0.4, 0.5) is 5.69 Å². The molecule has 0 saturated carbocycles. The van der Waals surface area contributed by atoms with Crippen LogP contribution in [0.1, 0.15) is 5.56 Å². The van der Waals surface area contributed by atoms with Gasteiger partial charge in [-0.2, -0.15) is 5.10 Å². The zero-order valence-electron chi connectivity index (χ0n) is 8.96. The van der Waals surface area contributed by atoms with Gasteiger partial charge in [0, 0.05) is 24.2 Å². The first-order chi connectivity index (χ1) is 8.25. The molecule has 0 aromatic heterocycles. The first kappa shape index (κ1) is 11.1. The van der Waals surface area contributed by atoms with E-state index in [2.05, 4.69) is 20.8 Å². The van der Waals surface area contributed by atoms with Gasteiger partial charge >= 0.3 is 0 Å². The lowest BCUT2D eigenvalue weighted by molar-refractivity contribution is -0.384. The third-order valence-corrected chi connectivity index (χ3v) is 2.14. The minimum absolute atomic E-state index is 0.0466. The summed E-state index contributed by atoms with van der Waals surface area (Å²) >= 11 is 0. The number of nitrogens with one attached hydrogen (secondary N) is 2. The molecule has 1 aromatic rings. The maximum absolute atomic E-state index is 10.6. The smallest absolute Gasteiger partial charge is 0.270 e. The summed E-state index contributed by atoms with van der Waals surface area (Å²) in [5, 5.41) is 17.5. The van der Waals surface area contributed by atoms with Crippen molar-refractivity contribution in [2.75, 3.05) is 13.1 Å². The lowest BCUT2D eigenvalue weighted by Crippen LogP contribution is -2.30. The Morgan fingerprint density at radius 1 is 1.59 bits per heavy atom. The van der Waals surface area contributed by atoms with Crippen LogP contribution >= 0.6 is 0 Å². The Morgan fingerprint density at radius 2 is 2.47 bits per heavy atom. The Hall–Kier alpha value is -2.44. The molecule has 2 N–H and O–H groups in total. The Labute approximate surface area is 97.4 Å². The van der Waals surface area contributed by atoms with Crippen molar-refractivity contribution in [3.8, 4) is 0 Å². The molecule has 17 heavy (non-hydrogen) atoms. The van der Waals surface area contributed by atoms with Crippen molar-refractivity contribution in [3.63, 3.8) is 0 Å². The molecule has 0 bridgehead atoms. The number of nitrogens with zero attached hydrogens (tertiary/aromatic N) is 3. The molecule has 1 aliphatic heterocycles. The summed E-state index contributed by atoms with van der Waals surface area (Å²) in [4.78, 5) is 14.2. The highest BCUT2D eigenvalue weighted by atomic mass is 16.6. The van der Waals surface area contributed by atoms with Crippen LogP contribution in [-0.4, -0.2) is 30.2 Å². The van der Waals surface area contributed by atoms with Crippen LogP contribution in [-0.2, 0) is 0 Å². The summed E-state index contributed by atoms with van der Waals surface area (Å²) in [7, 11) is 0. The van der Waals surface area contributed by atoms with Gasteiger partial charge < -0.3 is 5.32 Å². The minimum Gasteiger partial charge on any atom is -0.353 e. The highest BCUT2D eigenvalue weighted by Crippen LogP contribution is 2.11. The summed E-state index contributed by atoms with van der Waals surface area (Å²) in [5.41, 5.74) is 3.42. The van der Waals surface area contributed by atoms with E-state index in [1.54, 1.807) is 12.1 Å². The summed E-state index contributed by atoms with van der Waals surface area (Å²) in [6.45, 7) is 1.53. The molecule has 0 amide bonds. The monoisotopic (exact) mass is 233 g/mol. The van der Waals surface area contributed by atoms with E-state index in [4.69, 9.17) is 0 Å². The number of guanidine groups is 1. The topological polar surface area (TPSA) is 91.9 Å². The van der Waals surface area contributed by atoms with Gasteiger partial charge in [-0.25, -0.2) is 10.4 Å². The van der Waals surface area contributed by atoms with Gasteiger partial charge in [-0.15, -0.1) is 0 Å². The normalized spacial score (nSPS) is 14.5. The molecule has 0 radical (unpaired) electrons. The minimum atomic E-state index is -0.437. The highest BCUT2D eigenvalue weighted by molar-refractivity contribution is 5.85. The number of non-ortho nitro benzene ring substituents is 1. The number of aliphatic imine (C=N–C) groups is 1. The predicted octanol–water partition coefficient (Wildman–Crippen LogP) is 0.477. The molecule has 88 valence electrons. The van der Waals surface area contributed by atoms with Crippen molar-refractivity contribution < 1.29 is 4.92 Å². The van der Waals surface area contributed by atoms with Gasteiger partial charge in [-0.1, -0.05) is 12.1 Å². The quantitative estimate of drug-likeness (QED) is 0.451. The van der Waals surface area contributed by atoms with Crippen molar-refractivity contribution in [1.82, 2.24) is 10.7 Å². The number of hydrogen-bond acceptors (Lipinski definition) is 6. The third-order valence-electron chi connectivity index (χ3n) is 2.14. The van der Waals surface area contributed by atoms with Crippen LogP contribution < -0.4 is 10.7 Å². The first-order valence-electron chi connectivity index (χ1n) is 5.07. The number of hydrogen-bond donors (Lipinski definition) is 2. The van der Waals surface area contributed by atoms with E-state index >= 15 is 0 Å². The predicted molar refractivity (Wildman–Crippen MR) is 64.1 cm³/mol. The zero-order valence-corrected chi connectivity index (χ0v) is 8.96. The van der Waals surface area contributed by atoms with E-state index in [-0.39, 0.29) is 5.69 Å². The Kier molecular flexibility index (Phi) is 3.29. The fraction of sp³-hybridized carbons (Fsp3) is 0.200. The van der Waals surface area contributed by atoms with E-state index in [0.717, 1.165) is 13.1 Å². The number of benzene rings is 1. The van der Waals surface area contributed by atoms with Gasteiger partial charge in [0.2, 0.25) is 5.96 Å². The van der Waals surface area contributed by atoms with Crippen LogP contribution in [0.5, 0.6) is 0 Å². The summed E-state index contributed by atoms with van der Waals surface area (Å²) < 4.78 is 0. The molecule has 0 aliphatic carbocycles. The molecule has 0 unspecified atom stereocenters. The second-order valence-electron chi connectivity index (χ2n) is 3.38.